The molecule has 2 atom stereocenters. The molecule has 0 saturated carbocycles. The normalized spacial score (nSPS) is 17.9. The number of esters is 1. The van der Waals surface area contributed by atoms with Gasteiger partial charge in [-0.05, 0) is 47.5 Å². The number of ether oxygens (including phenoxy) is 2. The molecule has 4 rings (SSSR count). The third-order valence-electron chi connectivity index (χ3n) is 5.09. The van der Waals surface area contributed by atoms with Crippen molar-refractivity contribution < 1.29 is 23.5 Å². The number of hydrogen-bond donors (Lipinski definition) is 0. The summed E-state index contributed by atoms with van der Waals surface area (Å²) in [6, 6.07) is 21.8. The van der Waals surface area contributed by atoms with Crippen LogP contribution in [-0.4, -0.2) is 30.0 Å². The van der Waals surface area contributed by atoms with Crippen LogP contribution in [-0.2, 0) is 16.1 Å². The van der Waals surface area contributed by atoms with Crippen LogP contribution in [0.2, 0.25) is 0 Å². The minimum absolute atomic E-state index is 0.148. The average molecular weight is 405 g/mol. The summed E-state index contributed by atoms with van der Waals surface area (Å²) in [7, 11) is 1.33. The maximum absolute atomic E-state index is 13.2. The summed E-state index contributed by atoms with van der Waals surface area (Å²) in [5, 5.41) is 0. The SMILES string of the molecule is COC(=O)c1ccc([C@@H]2[C@@H](Oc3ccccc3)C(=O)N2Cc2ccc(F)cc2)cc1. The number of rotatable bonds is 6. The van der Waals surface area contributed by atoms with E-state index >= 15 is 0 Å². The number of hydrogen-bond acceptors (Lipinski definition) is 4. The van der Waals surface area contributed by atoms with Gasteiger partial charge in [-0.3, -0.25) is 4.79 Å². The van der Waals surface area contributed by atoms with Gasteiger partial charge in [-0.2, -0.15) is 0 Å². The topological polar surface area (TPSA) is 55.8 Å². The first-order valence-corrected chi connectivity index (χ1v) is 9.52. The Morgan fingerprint density at radius 1 is 0.967 bits per heavy atom. The van der Waals surface area contributed by atoms with Gasteiger partial charge in [0.1, 0.15) is 17.6 Å². The van der Waals surface area contributed by atoms with Gasteiger partial charge >= 0.3 is 5.97 Å². The van der Waals surface area contributed by atoms with Gasteiger partial charge in [0.25, 0.3) is 5.91 Å². The Kier molecular flexibility index (Phi) is 5.48. The molecule has 0 N–H and O–H groups in total. The van der Waals surface area contributed by atoms with Crippen molar-refractivity contribution in [2.75, 3.05) is 7.11 Å². The fraction of sp³-hybridized carbons (Fsp3) is 0.167. The minimum Gasteiger partial charge on any atom is -0.478 e. The van der Waals surface area contributed by atoms with Crippen LogP contribution in [0.3, 0.4) is 0 Å². The molecule has 0 aromatic heterocycles. The number of methoxy groups -OCH3 is 1. The summed E-state index contributed by atoms with van der Waals surface area (Å²) in [5.41, 5.74) is 2.09. The van der Waals surface area contributed by atoms with Crippen LogP contribution >= 0.6 is 0 Å². The molecule has 3 aromatic rings. The molecule has 1 fully saturated rings. The zero-order chi connectivity index (χ0) is 21.1. The molecule has 1 amide bonds. The van der Waals surface area contributed by atoms with Gasteiger partial charge in [0.2, 0.25) is 6.10 Å². The van der Waals surface area contributed by atoms with Crippen LogP contribution < -0.4 is 4.74 Å². The molecule has 152 valence electrons. The number of carbonyl (C=O) groups is 2. The molecule has 1 aliphatic heterocycles. The van der Waals surface area contributed by atoms with E-state index in [-0.39, 0.29) is 17.8 Å². The largest absolute Gasteiger partial charge is 0.478 e. The van der Waals surface area contributed by atoms with Gasteiger partial charge in [-0.25, -0.2) is 9.18 Å². The van der Waals surface area contributed by atoms with Crippen LogP contribution in [0, 0.1) is 5.82 Å². The van der Waals surface area contributed by atoms with E-state index in [1.165, 1.54) is 19.2 Å². The van der Waals surface area contributed by atoms with E-state index in [0.717, 1.165) is 11.1 Å². The smallest absolute Gasteiger partial charge is 0.337 e. The molecule has 30 heavy (non-hydrogen) atoms. The Balaban J connectivity index is 1.61. The van der Waals surface area contributed by atoms with Gasteiger partial charge in [0, 0.05) is 6.54 Å². The van der Waals surface area contributed by atoms with E-state index in [0.29, 0.717) is 17.9 Å². The molecular weight excluding hydrogens is 385 g/mol. The average Bonchev–Trinajstić information content (AvgIpc) is 2.79. The van der Waals surface area contributed by atoms with Gasteiger partial charge < -0.3 is 14.4 Å². The first-order chi connectivity index (χ1) is 14.6. The molecule has 0 aliphatic carbocycles. The minimum atomic E-state index is -0.683. The van der Waals surface area contributed by atoms with Crippen molar-refractivity contribution in [3.8, 4) is 5.75 Å². The van der Waals surface area contributed by atoms with Crippen LogP contribution in [0.4, 0.5) is 4.39 Å². The Morgan fingerprint density at radius 3 is 2.27 bits per heavy atom. The third kappa shape index (κ3) is 3.89. The molecule has 1 aliphatic rings. The van der Waals surface area contributed by atoms with Crippen molar-refractivity contribution in [1.29, 1.82) is 0 Å². The molecule has 1 heterocycles. The number of likely N-dealkylation sites (tertiary alicyclic amines) is 1. The zero-order valence-corrected chi connectivity index (χ0v) is 16.3. The van der Waals surface area contributed by atoms with Crippen LogP contribution in [0.15, 0.2) is 78.9 Å². The first-order valence-electron chi connectivity index (χ1n) is 9.52. The molecule has 0 spiro atoms. The highest BCUT2D eigenvalue weighted by atomic mass is 19.1. The van der Waals surface area contributed by atoms with E-state index in [1.807, 2.05) is 18.2 Å². The second-order valence-corrected chi connectivity index (χ2v) is 7.00. The Labute approximate surface area is 173 Å². The quantitative estimate of drug-likeness (QED) is 0.457. The number of amides is 1. The second kappa shape index (κ2) is 8.37. The van der Waals surface area contributed by atoms with Gasteiger partial charge in [0.05, 0.1) is 12.7 Å². The molecule has 0 unspecified atom stereocenters. The Morgan fingerprint density at radius 2 is 1.63 bits per heavy atom. The molecule has 1 saturated heterocycles. The van der Waals surface area contributed by atoms with Crippen molar-refractivity contribution in [1.82, 2.24) is 4.90 Å². The summed E-state index contributed by atoms with van der Waals surface area (Å²) in [6.07, 6.45) is -0.683. The molecular formula is C24H20FNO4. The molecule has 6 heteroatoms. The van der Waals surface area contributed by atoms with Gasteiger partial charge in [-0.15, -0.1) is 0 Å². The van der Waals surface area contributed by atoms with Crippen molar-refractivity contribution in [3.05, 3.63) is 101 Å². The number of benzene rings is 3. The monoisotopic (exact) mass is 405 g/mol. The maximum atomic E-state index is 13.2. The third-order valence-corrected chi connectivity index (χ3v) is 5.09. The zero-order valence-electron chi connectivity index (χ0n) is 16.3. The lowest BCUT2D eigenvalue weighted by Gasteiger charge is -2.47. The van der Waals surface area contributed by atoms with Crippen molar-refractivity contribution in [2.24, 2.45) is 0 Å². The van der Waals surface area contributed by atoms with Gasteiger partial charge in [-0.1, -0.05) is 42.5 Å². The first kappa shape index (κ1) is 19.6. The fourth-order valence-electron chi connectivity index (χ4n) is 3.53. The summed E-state index contributed by atoms with van der Waals surface area (Å²) in [5.74, 6) is -0.293. The lowest BCUT2D eigenvalue weighted by molar-refractivity contribution is -0.165. The number of β-lactam (4-membered cyclic amide) rings is 1. The van der Waals surface area contributed by atoms with Crippen molar-refractivity contribution in [2.45, 2.75) is 18.7 Å². The lowest BCUT2D eigenvalue weighted by Crippen LogP contribution is -2.60. The van der Waals surface area contributed by atoms with E-state index in [1.54, 1.807) is 53.4 Å². The Bertz CT molecular complexity index is 1040. The number of halogens is 1. The maximum Gasteiger partial charge on any atom is 0.337 e. The highest BCUT2D eigenvalue weighted by Gasteiger charge is 2.50. The predicted molar refractivity (Wildman–Crippen MR) is 108 cm³/mol. The molecule has 5 nitrogen and oxygen atoms in total. The lowest BCUT2D eigenvalue weighted by atomic mass is 9.89. The molecule has 3 aromatic carbocycles. The van der Waals surface area contributed by atoms with Crippen molar-refractivity contribution >= 4 is 11.9 Å². The summed E-state index contributed by atoms with van der Waals surface area (Å²) in [4.78, 5) is 26.3. The second-order valence-electron chi connectivity index (χ2n) is 7.00. The van der Waals surface area contributed by atoms with Crippen LogP contribution in [0.25, 0.3) is 0 Å². The number of nitrogens with zero attached hydrogens (tertiary/aromatic N) is 1. The van der Waals surface area contributed by atoms with Crippen LogP contribution in [0.5, 0.6) is 5.75 Å². The highest BCUT2D eigenvalue weighted by Crippen LogP contribution is 2.39. The van der Waals surface area contributed by atoms with Gasteiger partial charge in [0.15, 0.2) is 0 Å². The fourth-order valence-corrected chi connectivity index (χ4v) is 3.53. The molecule has 0 bridgehead atoms. The van der Waals surface area contributed by atoms with E-state index in [2.05, 4.69) is 0 Å². The van der Waals surface area contributed by atoms with E-state index in [9.17, 15) is 14.0 Å². The summed E-state index contributed by atoms with van der Waals surface area (Å²) < 4.78 is 24.0. The van der Waals surface area contributed by atoms with Crippen LogP contribution in [0.1, 0.15) is 27.5 Å². The summed E-state index contributed by atoms with van der Waals surface area (Å²) >= 11 is 0. The van der Waals surface area contributed by atoms with Crippen molar-refractivity contribution in [3.63, 3.8) is 0 Å². The van der Waals surface area contributed by atoms with E-state index in [4.69, 9.17) is 9.47 Å². The highest BCUT2D eigenvalue weighted by molar-refractivity contribution is 5.90. The summed E-state index contributed by atoms with van der Waals surface area (Å²) in [6.45, 7) is 0.331. The standard InChI is InChI=1S/C24H20FNO4/c1-29-24(28)18-11-9-17(10-12-18)21-22(30-20-5-3-2-4-6-20)23(27)26(21)15-16-7-13-19(25)14-8-16/h2-14,21-22H,15H2,1H3/t21-,22-/m1/s1. The molecule has 0 radical (unpaired) electrons. The predicted octanol–water partition coefficient (Wildman–Crippen LogP) is 4.14. The van der Waals surface area contributed by atoms with E-state index < -0.39 is 12.1 Å². The number of carbonyl (C=O) groups excluding carboxylic acids is 2. The Hall–Kier alpha value is -3.67. The number of para-hydroxylation sites is 1.